The van der Waals surface area contributed by atoms with Crippen molar-refractivity contribution in [1.29, 1.82) is 0 Å². The maximum absolute atomic E-state index is 13.6. The molecule has 2 N–H and O–H groups in total. The molecule has 7 nitrogen and oxygen atoms in total. The van der Waals surface area contributed by atoms with E-state index in [4.69, 9.17) is 4.74 Å². The minimum absolute atomic E-state index is 0.0226. The van der Waals surface area contributed by atoms with Gasteiger partial charge in [-0.1, -0.05) is 46.9 Å². The maximum Gasteiger partial charge on any atom is 0.305 e. The zero-order valence-electron chi connectivity index (χ0n) is 16.6. The third-order valence-corrected chi connectivity index (χ3v) is 8.08. The van der Waals surface area contributed by atoms with Crippen LogP contribution in [0.4, 0.5) is 5.69 Å². The third kappa shape index (κ3) is 3.07. The first-order valence-electron chi connectivity index (χ1n) is 9.60. The van der Waals surface area contributed by atoms with E-state index in [1.54, 1.807) is 24.3 Å². The molecule has 2 aliphatic rings. The van der Waals surface area contributed by atoms with Gasteiger partial charge in [-0.25, -0.2) is 4.90 Å². The Balaban J connectivity index is 1.66. The normalized spacial score (nSPS) is 22.4. The largest absolute Gasteiger partial charge is 0.504 e. The lowest BCUT2D eigenvalue weighted by atomic mass is 9.83. The van der Waals surface area contributed by atoms with Gasteiger partial charge < -0.3 is 14.8 Å². The molecule has 9 heteroatoms. The summed E-state index contributed by atoms with van der Waals surface area (Å²) >= 11 is 2.28. The number of benzene rings is 2. The third-order valence-electron chi connectivity index (χ3n) is 5.68. The van der Waals surface area contributed by atoms with Crippen molar-refractivity contribution in [2.24, 2.45) is 5.92 Å². The average Bonchev–Trinajstić information content (AvgIpc) is 3.24. The Bertz CT molecular complexity index is 1260. The van der Waals surface area contributed by atoms with E-state index in [0.717, 1.165) is 21.8 Å². The molecular formula is C22H18N2O5S2. The highest BCUT2D eigenvalue weighted by Crippen LogP contribution is 2.53. The van der Waals surface area contributed by atoms with Crippen LogP contribution in [0.25, 0.3) is 0 Å². The molecule has 3 heterocycles. The van der Waals surface area contributed by atoms with Crippen molar-refractivity contribution in [2.75, 3.05) is 12.0 Å². The van der Waals surface area contributed by atoms with Crippen LogP contribution in [-0.4, -0.2) is 34.3 Å². The van der Waals surface area contributed by atoms with Crippen LogP contribution in [0.5, 0.6) is 11.5 Å². The quantitative estimate of drug-likeness (QED) is 0.590. The summed E-state index contributed by atoms with van der Waals surface area (Å²) in [5.41, 5.74) is 2.27. The van der Waals surface area contributed by atoms with Gasteiger partial charge in [-0.3, -0.25) is 14.4 Å². The number of carbonyl (C=O) groups is 2. The van der Waals surface area contributed by atoms with E-state index in [1.807, 2.05) is 19.1 Å². The molecule has 1 saturated heterocycles. The fraction of sp³-hybridized carbons (Fsp3) is 0.227. The van der Waals surface area contributed by atoms with E-state index in [0.29, 0.717) is 16.3 Å². The van der Waals surface area contributed by atoms with Crippen molar-refractivity contribution >= 4 is 40.6 Å². The number of aromatic hydroxyl groups is 1. The second-order valence-electron chi connectivity index (χ2n) is 7.53. The molecule has 0 aliphatic carbocycles. The van der Waals surface area contributed by atoms with Crippen LogP contribution in [0.1, 0.15) is 21.9 Å². The number of fused-ring (bicyclic) bond motifs is 2. The number of hydrogen-bond donors (Lipinski definition) is 2. The number of nitrogens with one attached hydrogen (secondary N) is 1. The Labute approximate surface area is 185 Å². The SMILES string of the molecule is COc1cc([C@H]2c3sc(=O)[nH]c3SC3C(=O)N(c4ccc(C)cc4)C(=O)C32)ccc1O. The van der Waals surface area contributed by atoms with Crippen LogP contribution in [-0.2, 0) is 9.59 Å². The Morgan fingerprint density at radius 2 is 1.81 bits per heavy atom. The number of H-pyrrole nitrogens is 1. The number of phenolic OH excluding ortho intramolecular Hbond substituents is 1. The van der Waals surface area contributed by atoms with Crippen LogP contribution in [0, 0.1) is 12.8 Å². The van der Waals surface area contributed by atoms with Crippen molar-refractivity contribution in [2.45, 2.75) is 23.1 Å². The fourth-order valence-corrected chi connectivity index (χ4v) is 6.73. The van der Waals surface area contributed by atoms with Crippen molar-refractivity contribution < 1.29 is 19.4 Å². The molecule has 0 spiro atoms. The molecule has 1 aromatic heterocycles. The average molecular weight is 455 g/mol. The van der Waals surface area contributed by atoms with Crippen molar-refractivity contribution in [3.05, 3.63) is 68.1 Å². The van der Waals surface area contributed by atoms with Gasteiger partial charge in [-0.15, -0.1) is 0 Å². The lowest BCUT2D eigenvalue weighted by Crippen LogP contribution is -2.32. The minimum Gasteiger partial charge on any atom is -0.504 e. The Morgan fingerprint density at radius 3 is 2.52 bits per heavy atom. The predicted octanol–water partition coefficient (Wildman–Crippen LogP) is 3.25. The van der Waals surface area contributed by atoms with Gasteiger partial charge in [0.1, 0.15) is 5.25 Å². The Kier molecular flexibility index (Phi) is 4.67. The number of anilines is 1. The summed E-state index contributed by atoms with van der Waals surface area (Å²) in [6.45, 7) is 1.94. The Hall–Kier alpha value is -3.04. The standard InChI is InChI=1S/C22H18N2O5S2/c1-10-3-6-12(7-4-10)24-20(26)16-15(11-5-8-13(25)14(9-11)29-2)17-19(23-22(28)31-17)30-18(16)21(24)27/h3-9,15-16,18,25H,1-2H3,(H,23,28)/t15-,16?,18?/m1/s1. The molecule has 0 bridgehead atoms. The van der Waals surface area contributed by atoms with Crippen molar-refractivity contribution in [1.82, 2.24) is 4.98 Å². The molecule has 0 saturated carbocycles. The summed E-state index contributed by atoms with van der Waals surface area (Å²) in [6, 6.07) is 12.1. The lowest BCUT2D eigenvalue weighted by Gasteiger charge is -2.30. The number of aromatic amines is 1. The van der Waals surface area contributed by atoms with Gasteiger partial charge in [-0.05, 0) is 36.8 Å². The number of rotatable bonds is 3. The molecular weight excluding hydrogens is 436 g/mol. The van der Waals surface area contributed by atoms with Crippen LogP contribution in [0.2, 0.25) is 0 Å². The first-order chi connectivity index (χ1) is 14.9. The highest BCUT2D eigenvalue weighted by atomic mass is 32.2. The summed E-state index contributed by atoms with van der Waals surface area (Å²) in [7, 11) is 1.45. The smallest absolute Gasteiger partial charge is 0.305 e. The van der Waals surface area contributed by atoms with Gasteiger partial charge >= 0.3 is 4.87 Å². The molecule has 158 valence electrons. The number of thiazole rings is 1. The van der Waals surface area contributed by atoms with Crippen LogP contribution in [0.3, 0.4) is 0 Å². The maximum atomic E-state index is 13.6. The number of thioether (sulfide) groups is 1. The van der Waals surface area contributed by atoms with E-state index in [1.165, 1.54) is 29.8 Å². The molecule has 2 amide bonds. The van der Waals surface area contributed by atoms with Gasteiger partial charge in [-0.2, -0.15) is 0 Å². The van der Waals surface area contributed by atoms with E-state index in [2.05, 4.69) is 4.98 Å². The molecule has 2 unspecified atom stereocenters. The fourth-order valence-electron chi connectivity index (χ4n) is 4.21. The lowest BCUT2D eigenvalue weighted by molar-refractivity contribution is -0.122. The van der Waals surface area contributed by atoms with Gasteiger partial charge in [0, 0.05) is 10.8 Å². The molecule has 3 aromatic rings. The predicted molar refractivity (Wildman–Crippen MR) is 118 cm³/mol. The first kappa shape index (κ1) is 19.9. The minimum atomic E-state index is -0.674. The summed E-state index contributed by atoms with van der Waals surface area (Å²) in [4.78, 5) is 43.6. The topological polar surface area (TPSA) is 99.7 Å². The number of aryl methyl sites for hydroxylation is 1. The molecule has 0 radical (unpaired) electrons. The van der Waals surface area contributed by atoms with Crippen LogP contribution >= 0.6 is 23.1 Å². The molecule has 31 heavy (non-hydrogen) atoms. The number of ether oxygens (including phenoxy) is 1. The van der Waals surface area contributed by atoms with Crippen LogP contribution in [0.15, 0.2) is 52.3 Å². The first-order valence-corrected chi connectivity index (χ1v) is 11.3. The van der Waals surface area contributed by atoms with Crippen molar-refractivity contribution in [3.63, 3.8) is 0 Å². The van der Waals surface area contributed by atoms with Gasteiger partial charge in [0.05, 0.1) is 23.7 Å². The number of hydrogen-bond acceptors (Lipinski definition) is 7. The molecule has 2 aliphatic heterocycles. The van der Waals surface area contributed by atoms with E-state index >= 15 is 0 Å². The summed E-state index contributed by atoms with van der Waals surface area (Å²) < 4.78 is 5.25. The molecule has 2 aromatic carbocycles. The number of amides is 2. The van der Waals surface area contributed by atoms with E-state index in [9.17, 15) is 19.5 Å². The molecule has 5 rings (SSSR count). The number of methoxy groups -OCH3 is 1. The van der Waals surface area contributed by atoms with Crippen LogP contribution < -0.4 is 14.5 Å². The molecule has 1 fully saturated rings. The highest BCUT2D eigenvalue weighted by Gasteiger charge is 2.56. The van der Waals surface area contributed by atoms with Gasteiger partial charge in [0.2, 0.25) is 11.8 Å². The zero-order valence-corrected chi connectivity index (χ0v) is 18.3. The molecule has 3 atom stereocenters. The number of carbonyl (C=O) groups excluding carboxylic acids is 2. The summed E-state index contributed by atoms with van der Waals surface area (Å²) in [6.07, 6.45) is 0. The number of nitrogens with zero attached hydrogens (tertiary/aromatic N) is 1. The highest BCUT2D eigenvalue weighted by molar-refractivity contribution is 8.00. The Morgan fingerprint density at radius 1 is 1.06 bits per heavy atom. The number of phenols is 1. The second-order valence-corrected chi connectivity index (χ2v) is 9.70. The monoisotopic (exact) mass is 454 g/mol. The zero-order chi connectivity index (χ0) is 21.9. The number of imide groups is 1. The van der Waals surface area contributed by atoms with E-state index in [-0.39, 0.29) is 28.2 Å². The van der Waals surface area contributed by atoms with E-state index < -0.39 is 17.1 Å². The van der Waals surface area contributed by atoms with Gasteiger partial charge in [0.25, 0.3) is 0 Å². The summed E-state index contributed by atoms with van der Waals surface area (Å²) in [5, 5.41) is 9.97. The van der Waals surface area contributed by atoms with Crippen molar-refractivity contribution in [3.8, 4) is 11.5 Å². The van der Waals surface area contributed by atoms with Gasteiger partial charge in [0.15, 0.2) is 11.5 Å². The summed E-state index contributed by atoms with van der Waals surface area (Å²) in [5.74, 6) is -1.53. The number of aromatic nitrogens is 1. The second kappa shape index (κ2) is 7.28.